The van der Waals surface area contributed by atoms with Gasteiger partial charge in [-0.15, -0.1) is 0 Å². The molecule has 8 fully saturated rings. The minimum absolute atomic E-state index is 0.0413. The summed E-state index contributed by atoms with van der Waals surface area (Å²) in [7, 11) is 4.76. The molecule has 9 aliphatic rings. The number of esters is 1. The number of hydrogen-bond acceptors (Lipinski definition) is 22. The first-order chi connectivity index (χ1) is 36.7. The number of aliphatic hydroxyl groups excluding tert-OH is 3. The van der Waals surface area contributed by atoms with Crippen LogP contribution in [0.25, 0.3) is 0 Å². The average molecular weight is 1120 g/mol. The number of ether oxygens (including phenoxy) is 14. The van der Waals surface area contributed by atoms with Crippen LogP contribution in [0.15, 0.2) is 11.6 Å². The summed E-state index contributed by atoms with van der Waals surface area (Å²) in [6, 6.07) is 0. The fourth-order valence-electron chi connectivity index (χ4n) is 15.6. The maximum absolute atomic E-state index is 13.0. The van der Waals surface area contributed by atoms with Crippen LogP contribution in [0.2, 0.25) is 0 Å². The molecule has 0 aromatic rings. The number of carbonyl (C=O) groups is 2. The highest BCUT2D eigenvalue weighted by molar-refractivity contribution is 5.87. The van der Waals surface area contributed by atoms with E-state index in [1.165, 1.54) is 13.8 Å². The summed E-state index contributed by atoms with van der Waals surface area (Å²) in [5.74, 6) is -1.71. The molecule has 0 radical (unpaired) electrons. The highest BCUT2D eigenvalue weighted by atomic mass is 16.8. The Morgan fingerprint density at radius 1 is 0.577 bits per heavy atom. The van der Waals surface area contributed by atoms with Crippen molar-refractivity contribution in [2.75, 3.05) is 21.3 Å². The molecule has 0 unspecified atom stereocenters. The number of ketones is 1. The zero-order valence-electron chi connectivity index (χ0n) is 47.6. The summed E-state index contributed by atoms with van der Waals surface area (Å²) in [4.78, 5) is 25.6. The Bertz CT molecular complexity index is 2110. The van der Waals surface area contributed by atoms with Gasteiger partial charge >= 0.3 is 5.97 Å². The smallest absolute Gasteiger partial charge is 0.302 e. The van der Waals surface area contributed by atoms with Gasteiger partial charge in [-0.25, -0.2) is 0 Å². The SMILES string of the molecule is CO[C@H]1C[C@H](O[C@H]2[C@H](C)O[C@@H](O[C@H]3[C@@H](O)C[C@H](O[C@H]4[C@@H](O)C[C@H](O[C@H]5CC[C@@]6(C)C(=CC[C@]7(O)[C@@H]6C[C@@H](OC(C)=O)[C@@]6(C)[C@@]7(O)CC[C@@]6(O)C(C)=O)C5)O[C@@H]4C)O[C@@H]3C)C[C@H]2OC)O[C@H](C)[C@H]1O[C@H]1C[C@@H](OC)[C@@H](O)[C@H](C)O1. The van der Waals surface area contributed by atoms with Crippen molar-refractivity contribution in [2.24, 2.45) is 16.7 Å². The lowest BCUT2D eigenvalue weighted by atomic mass is 9.42. The minimum atomic E-state index is -2.01. The lowest BCUT2D eigenvalue weighted by Crippen LogP contribution is -2.78. The van der Waals surface area contributed by atoms with Crippen molar-refractivity contribution < 1.29 is 107 Å². The molecule has 9 rings (SSSR count). The Labute approximate surface area is 458 Å². The second kappa shape index (κ2) is 23.3. The molecule has 5 aliphatic heterocycles. The van der Waals surface area contributed by atoms with Crippen molar-refractivity contribution in [1.82, 2.24) is 0 Å². The van der Waals surface area contributed by atoms with Gasteiger partial charge < -0.3 is 97.0 Å². The molecule has 446 valence electrons. The van der Waals surface area contributed by atoms with E-state index in [0.29, 0.717) is 32.1 Å². The Morgan fingerprint density at radius 3 is 1.50 bits per heavy atom. The van der Waals surface area contributed by atoms with Crippen LogP contribution in [-0.4, -0.2) is 216 Å². The van der Waals surface area contributed by atoms with Crippen LogP contribution in [0, 0.1) is 16.7 Å². The van der Waals surface area contributed by atoms with Gasteiger partial charge in [0.2, 0.25) is 0 Å². The minimum Gasteiger partial charge on any atom is -0.462 e. The number of methoxy groups -OCH3 is 3. The van der Waals surface area contributed by atoms with Crippen LogP contribution >= 0.6 is 0 Å². The first-order valence-corrected chi connectivity index (χ1v) is 28.5. The van der Waals surface area contributed by atoms with E-state index in [-0.39, 0.29) is 51.0 Å². The highest BCUT2D eigenvalue weighted by Crippen LogP contribution is 2.71. The molecule has 4 aliphatic carbocycles. The highest BCUT2D eigenvalue weighted by Gasteiger charge is 2.81. The van der Waals surface area contributed by atoms with Gasteiger partial charge in [-0.2, -0.15) is 0 Å². The molecule has 5 saturated heterocycles. The van der Waals surface area contributed by atoms with Crippen LogP contribution in [0.1, 0.15) is 139 Å². The standard InChI is InChI=1S/C56H90O22/c1-26-47(61)37(65-10)22-44(68-26)77-50-30(5)72-46(24-39(50)67-12)78-51-29(4)71-45(23-38(51)66-11)76-49-28(3)70-43(21-36(49)60)75-48-27(2)69-42(20-35(48)59)74-34-14-15-52(8)33(19-34)13-16-55(63)40(52)25-41(73-32(7)58)53(9)54(62,31(6)57)17-18-56(53,55)64/h13,26-30,34-51,59-64H,14-25H2,1-12H3/t26-,27+,28+,29-,30+,34-,35-,36-,37+,38+,39-,40+,41+,42-,43-,44-,45-,46-,47-,48+,49+,50+,51-,52-,53+,54+,55-,56-/m0/s1. The topological polar surface area (TPSA) is 285 Å². The zero-order valence-corrected chi connectivity index (χ0v) is 47.6. The molecule has 3 saturated carbocycles. The van der Waals surface area contributed by atoms with Crippen LogP contribution < -0.4 is 0 Å². The van der Waals surface area contributed by atoms with Gasteiger partial charge in [0.15, 0.2) is 37.2 Å². The maximum atomic E-state index is 13.0. The third-order valence-corrected chi connectivity index (χ3v) is 20.1. The second-order valence-electron chi connectivity index (χ2n) is 24.5. The summed E-state index contributed by atoms with van der Waals surface area (Å²) in [6.07, 6.45) is -9.49. The molecule has 22 heteroatoms. The number of Topliss-reactive ketones (excluding diaryl/α,β-unsaturated/α-hetero) is 1. The Kier molecular flexibility index (Phi) is 18.1. The van der Waals surface area contributed by atoms with Crippen molar-refractivity contribution in [3.63, 3.8) is 0 Å². The van der Waals surface area contributed by atoms with Gasteiger partial charge in [-0.3, -0.25) is 9.59 Å². The number of hydrogen-bond donors (Lipinski definition) is 6. The average Bonchev–Trinajstić information content (AvgIpc) is 3.58. The van der Waals surface area contributed by atoms with E-state index in [0.717, 1.165) is 5.57 Å². The predicted molar refractivity (Wildman–Crippen MR) is 271 cm³/mol. The molecule has 0 aromatic heterocycles. The molecule has 6 N–H and O–H groups in total. The molecular formula is C56H90O22. The fourth-order valence-corrected chi connectivity index (χ4v) is 15.6. The van der Waals surface area contributed by atoms with E-state index >= 15 is 0 Å². The van der Waals surface area contributed by atoms with Crippen molar-refractivity contribution in [1.29, 1.82) is 0 Å². The molecular weight excluding hydrogens is 1020 g/mol. The first-order valence-electron chi connectivity index (χ1n) is 28.5. The summed E-state index contributed by atoms with van der Waals surface area (Å²) in [6.45, 7) is 15.3. The third kappa shape index (κ3) is 10.7. The van der Waals surface area contributed by atoms with Crippen LogP contribution in [-0.2, 0) is 75.9 Å². The molecule has 28 atom stereocenters. The number of fused-ring (bicyclic) bond motifs is 5. The molecule has 22 nitrogen and oxygen atoms in total. The van der Waals surface area contributed by atoms with Gasteiger partial charge in [0.1, 0.15) is 53.4 Å². The van der Waals surface area contributed by atoms with E-state index in [1.54, 1.807) is 49.0 Å². The largest absolute Gasteiger partial charge is 0.462 e. The van der Waals surface area contributed by atoms with Crippen LogP contribution in [0.5, 0.6) is 0 Å². The predicted octanol–water partition coefficient (Wildman–Crippen LogP) is 2.77. The lowest BCUT2D eigenvalue weighted by molar-refractivity contribution is -0.351. The third-order valence-electron chi connectivity index (χ3n) is 20.1. The molecule has 0 spiro atoms. The van der Waals surface area contributed by atoms with E-state index in [4.69, 9.17) is 66.3 Å². The van der Waals surface area contributed by atoms with Crippen molar-refractivity contribution >= 4 is 11.8 Å². The number of carbonyl (C=O) groups excluding carboxylic acids is 2. The van der Waals surface area contributed by atoms with E-state index < -0.39 is 174 Å². The monoisotopic (exact) mass is 1110 g/mol. The number of rotatable bonds is 15. The first kappa shape index (κ1) is 60.7. The van der Waals surface area contributed by atoms with Gasteiger partial charge in [-0.1, -0.05) is 18.6 Å². The summed E-state index contributed by atoms with van der Waals surface area (Å²) >= 11 is 0. The Balaban J connectivity index is 0.747. The number of aliphatic hydroxyl groups is 6. The van der Waals surface area contributed by atoms with Crippen molar-refractivity contribution in [3.8, 4) is 0 Å². The van der Waals surface area contributed by atoms with Gasteiger partial charge in [0.05, 0.1) is 72.6 Å². The normalized spacial score (nSPS) is 52.6. The molecule has 5 heterocycles. The summed E-state index contributed by atoms with van der Waals surface area (Å²) < 4.78 is 86.7. The lowest BCUT2D eigenvalue weighted by Gasteiger charge is -2.67. The zero-order chi connectivity index (χ0) is 56.6. The van der Waals surface area contributed by atoms with E-state index in [2.05, 4.69) is 6.92 Å². The van der Waals surface area contributed by atoms with Gasteiger partial charge in [0.25, 0.3) is 0 Å². The fraction of sp³-hybridized carbons (Fsp3) is 0.929. The molecule has 0 bridgehead atoms. The van der Waals surface area contributed by atoms with Gasteiger partial charge in [-0.05, 0) is 98.8 Å². The molecule has 78 heavy (non-hydrogen) atoms. The molecule has 0 amide bonds. The Morgan fingerprint density at radius 2 is 1.03 bits per heavy atom. The van der Waals surface area contributed by atoms with Gasteiger partial charge in [0, 0.05) is 66.3 Å². The van der Waals surface area contributed by atoms with Crippen molar-refractivity contribution in [3.05, 3.63) is 11.6 Å². The summed E-state index contributed by atoms with van der Waals surface area (Å²) in [5, 5.41) is 70.8. The maximum Gasteiger partial charge on any atom is 0.302 e. The second-order valence-corrected chi connectivity index (χ2v) is 24.5. The van der Waals surface area contributed by atoms with Crippen molar-refractivity contribution in [2.45, 2.75) is 291 Å². The summed E-state index contributed by atoms with van der Waals surface area (Å²) in [5.41, 5.74) is -6.91. The van der Waals surface area contributed by atoms with E-state index in [1.807, 2.05) is 19.9 Å². The Hall–Kier alpha value is -1.88. The molecule has 0 aromatic carbocycles. The van der Waals surface area contributed by atoms with Crippen LogP contribution in [0.4, 0.5) is 0 Å². The quantitative estimate of drug-likeness (QED) is 0.102. The van der Waals surface area contributed by atoms with Crippen LogP contribution in [0.3, 0.4) is 0 Å². The van der Waals surface area contributed by atoms with E-state index in [9.17, 15) is 40.2 Å².